The molecule has 0 radical (unpaired) electrons. The number of carbonyl (C=O) groups excluding carboxylic acids is 2. The van der Waals surface area contributed by atoms with Gasteiger partial charge in [-0.3, -0.25) is 19.3 Å². The van der Waals surface area contributed by atoms with Gasteiger partial charge in [0.05, 0.1) is 26.9 Å². The second kappa shape index (κ2) is 7.50. The summed E-state index contributed by atoms with van der Waals surface area (Å²) in [6.07, 6.45) is 0. The molecule has 37 heavy (non-hydrogen) atoms. The van der Waals surface area contributed by atoms with Crippen molar-refractivity contribution in [2.24, 2.45) is 0 Å². The quantitative estimate of drug-likeness (QED) is 0.297. The lowest BCUT2D eigenvalue weighted by atomic mass is 9.84. The zero-order valence-electron chi connectivity index (χ0n) is 19.7. The van der Waals surface area contributed by atoms with E-state index < -0.39 is 22.8 Å². The van der Waals surface area contributed by atoms with E-state index in [1.807, 2.05) is 44.2 Å². The molecule has 5 aromatic rings. The van der Waals surface area contributed by atoms with E-state index in [0.717, 1.165) is 10.3 Å². The topological polar surface area (TPSA) is 83.7 Å². The molecular weight excluding hydrogens is 510 g/mol. The Bertz CT molecular complexity index is 1890. The summed E-state index contributed by atoms with van der Waals surface area (Å²) in [5, 5.41) is 0.880. The summed E-state index contributed by atoms with van der Waals surface area (Å²) < 4.78 is 6.94. The first-order valence-electron chi connectivity index (χ1n) is 11.8. The van der Waals surface area contributed by atoms with E-state index in [9.17, 15) is 14.4 Å². The lowest BCUT2D eigenvalue weighted by Gasteiger charge is -2.32. The van der Waals surface area contributed by atoms with Gasteiger partial charge >= 0.3 is 0 Å². The maximum Gasteiger partial charge on any atom is 0.297 e. The summed E-state index contributed by atoms with van der Waals surface area (Å²) in [4.78, 5) is 50.5. The molecule has 0 saturated heterocycles. The van der Waals surface area contributed by atoms with Gasteiger partial charge in [0, 0.05) is 17.1 Å². The normalized spacial score (nSPS) is 18.5. The summed E-state index contributed by atoms with van der Waals surface area (Å²) in [6, 6.07) is 17.7. The van der Waals surface area contributed by atoms with Crippen molar-refractivity contribution in [1.29, 1.82) is 0 Å². The minimum atomic E-state index is -1.75. The largest absolute Gasteiger partial charge is 0.450 e. The van der Waals surface area contributed by atoms with E-state index in [1.165, 1.54) is 22.3 Å². The Morgan fingerprint density at radius 3 is 2.68 bits per heavy atom. The highest BCUT2D eigenvalue weighted by molar-refractivity contribution is 7.22. The van der Waals surface area contributed by atoms with Gasteiger partial charge in [0.25, 0.3) is 11.8 Å². The Balaban J connectivity index is 1.64. The maximum atomic E-state index is 14.4. The second-order valence-corrected chi connectivity index (χ2v) is 10.6. The van der Waals surface area contributed by atoms with Crippen molar-refractivity contribution in [3.8, 4) is 0 Å². The predicted molar refractivity (Wildman–Crippen MR) is 144 cm³/mol. The van der Waals surface area contributed by atoms with Crippen LogP contribution in [0.3, 0.4) is 0 Å². The Morgan fingerprint density at radius 2 is 1.86 bits per heavy atom. The SMILES string of the molecule is CCN1C(=O)C2(c3ccccc31)c1c(oc3ccc(Cl)cc3c1=O)C(=O)N2c1nc2ccc(C)cc2s1. The fourth-order valence-electron chi connectivity index (χ4n) is 5.56. The van der Waals surface area contributed by atoms with E-state index >= 15 is 0 Å². The summed E-state index contributed by atoms with van der Waals surface area (Å²) in [7, 11) is 0. The molecule has 9 heteroatoms. The second-order valence-electron chi connectivity index (χ2n) is 9.16. The molecule has 7 rings (SSSR count). The fraction of sp³-hybridized carbons (Fsp3) is 0.143. The molecule has 0 saturated carbocycles. The molecule has 182 valence electrons. The molecule has 2 aliphatic rings. The number of rotatable bonds is 2. The lowest BCUT2D eigenvalue weighted by Crippen LogP contribution is -2.53. The molecule has 1 spiro atoms. The zero-order valence-corrected chi connectivity index (χ0v) is 21.3. The number of hydrogen-bond donors (Lipinski definition) is 0. The summed E-state index contributed by atoms with van der Waals surface area (Å²) in [6.45, 7) is 4.20. The minimum absolute atomic E-state index is 0.00361. The Morgan fingerprint density at radius 1 is 1.05 bits per heavy atom. The molecule has 2 aromatic heterocycles. The van der Waals surface area contributed by atoms with Gasteiger partial charge in [-0.1, -0.05) is 47.2 Å². The van der Waals surface area contributed by atoms with Crippen LogP contribution in [0.5, 0.6) is 0 Å². The first kappa shape index (κ1) is 22.2. The van der Waals surface area contributed by atoms with Crippen molar-refractivity contribution in [1.82, 2.24) is 4.98 Å². The molecule has 1 unspecified atom stereocenters. The number of para-hydroxylation sites is 1. The number of amides is 2. The maximum absolute atomic E-state index is 14.4. The number of nitrogens with zero attached hydrogens (tertiary/aromatic N) is 3. The van der Waals surface area contributed by atoms with Gasteiger partial charge in [-0.2, -0.15) is 0 Å². The summed E-state index contributed by atoms with van der Waals surface area (Å²) in [5.74, 6) is -1.13. The van der Waals surface area contributed by atoms with Gasteiger partial charge in [-0.25, -0.2) is 4.98 Å². The van der Waals surface area contributed by atoms with Gasteiger partial charge in [0.1, 0.15) is 5.58 Å². The Labute approximate surface area is 219 Å². The van der Waals surface area contributed by atoms with Crippen molar-refractivity contribution in [3.05, 3.63) is 98.4 Å². The van der Waals surface area contributed by atoms with Crippen molar-refractivity contribution in [2.75, 3.05) is 16.3 Å². The first-order chi connectivity index (χ1) is 17.9. The predicted octanol–water partition coefficient (Wildman–Crippen LogP) is 5.64. The van der Waals surface area contributed by atoms with Crippen LogP contribution in [0.25, 0.3) is 21.2 Å². The smallest absolute Gasteiger partial charge is 0.297 e. The number of aromatic nitrogens is 1. The average molecular weight is 528 g/mol. The number of anilines is 2. The zero-order chi connectivity index (χ0) is 25.6. The molecule has 0 bridgehead atoms. The van der Waals surface area contributed by atoms with Crippen LogP contribution in [0, 0.1) is 6.92 Å². The number of likely N-dealkylation sites (N-methyl/N-ethyl adjacent to an activating group) is 1. The van der Waals surface area contributed by atoms with Crippen LogP contribution in [-0.2, 0) is 10.3 Å². The number of carbonyl (C=O) groups is 2. The van der Waals surface area contributed by atoms with E-state index in [2.05, 4.69) is 0 Å². The van der Waals surface area contributed by atoms with E-state index in [-0.39, 0.29) is 22.3 Å². The molecule has 2 amide bonds. The van der Waals surface area contributed by atoms with Crippen LogP contribution < -0.4 is 15.2 Å². The Hall–Kier alpha value is -4.01. The van der Waals surface area contributed by atoms with Crippen molar-refractivity contribution in [3.63, 3.8) is 0 Å². The molecule has 2 aliphatic heterocycles. The molecule has 0 aliphatic carbocycles. The van der Waals surface area contributed by atoms with Gasteiger partial charge in [-0.15, -0.1) is 0 Å². The van der Waals surface area contributed by atoms with Crippen LogP contribution in [0.4, 0.5) is 10.8 Å². The molecule has 7 nitrogen and oxygen atoms in total. The summed E-state index contributed by atoms with van der Waals surface area (Å²) in [5.41, 5.74) is 0.938. The first-order valence-corrected chi connectivity index (χ1v) is 13.0. The van der Waals surface area contributed by atoms with Crippen LogP contribution in [-0.4, -0.2) is 23.3 Å². The molecule has 1 atom stereocenters. The fourth-order valence-corrected chi connectivity index (χ4v) is 6.85. The number of thiazole rings is 1. The van der Waals surface area contributed by atoms with Crippen molar-refractivity contribution < 1.29 is 14.0 Å². The van der Waals surface area contributed by atoms with Gasteiger partial charge in [-0.05, 0) is 55.8 Å². The molecule has 0 N–H and O–H groups in total. The highest BCUT2D eigenvalue weighted by Gasteiger charge is 2.66. The minimum Gasteiger partial charge on any atom is -0.450 e. The van der Waals surface area contributed by atoms with Crippen LogP contribution >= 0.6 is 22.9 Å². The van der Waals surface area contributed by atoms with Crippen molar-refractivity contribution >= 4 is 66.8 Å². The standard InChI is InChI=1S/C28H18ClN3O4S/c1-3-31-19-7-5-4-6-17(19)28(26(31)35)22-23(33)16-13-15(29)9-11-20(16)36-24(22)25(34)32(28)27-30-18-10-8-14(2)12-21(18)37-27/h4-13H,3H2,1-2H3. The number of fused-ring (bicyclic) bond motifs is 6. The van der Waals surface area contributed by atoms with E-state index in [4.69, 9.17) is 21.0 Å². The van der Waals surface area contributed by atoms with E-state index in [0.29, 0.717) is 33.5 Å². The monoisotopic (exact) mass is 527 g/mol. The van der Waals surface area contributed by atoms with Gasteiger partial charge in [0.15, 0.2) is 16.1 Å². The number of aryl methyl sites for hydroxylation is 1. The number of halogens is 1. The summed E-state index contributed by atoms with van der Waals surface area (Å²) >= 11 is 7.52. The van der Waals surface area contributed by atoms with Gasteiger partial charge in [0.2, 0.25) is 5.76 Å². The third-order valence-corrected chi connectivity index (χ3v) is 8.36. The lowest BCUT2D eigenvalue weighted by molar-refractivity contribution is -0.121. The molecular formula is C28H18ClN3O4S. The third kappa shape index (κ3) is 2.71. The number of hydrogen-bond acceptors (Lipinski definition) is 6. The van der Waals surface area contributed by atoms with Crippen LogP contribution in [0.2, 0.25) is 5.02 Å². The van der Waals surface area contributed by atoms with Crippen molar-refractivity contribution in [2.45, 2.75) is 19.4 Å². The highest BCUT2D eigenvalue weighted by Crippen LogP contribution is 2.54. The van der Waals surface area contributed by atoms with Crippen LogP contribution in [0.1, 0.15) is 34.2 Å². The molecule has 0 fully saturated rings. The van der Waals surface area contributed by atoms with E-state index in [1.54, 1.807) is 29.2 Å². The highest BCUT2D eigenvalue weighted by atomic mass is 35.5. The molecule has 3 aromatic carbocycles. The van der Waals surface area contributed by atoms with Crippen LogP contribution in [0.15, 0.2) is 69.9 Å². The van der Waals surface area contributed by atoms with Gasteiger partial charge < -0.3 is 9.32 Å². The average Bonchev–Trinajstić information content (AvgIpc) is 3.49. The Kier molecular flexibility index (Phi) is 4.50. The third-order valence-electron chi connectivity index (χ3n) is 7.13. The molecule has 4 heterocycles. The number of benzene rings is 3.